The lowest BCUT2D eigenvalue weighted by molar-refractivity contribution is 0.292. The molecule has 24 heavy (non-hydrogen) atoms. The maximum absolute atomic E-state index is 8.73. The number of aliphatic hydroxyl groups excluding tert-OH is 1. The summed E-state index contributed by atoms with van der Waals surface area (Å²) in [7, 11) is 0. The van der Waals surface area contributed by atoms with Crippen molar-refractivity contribution in [3.05, 3.63) is 63.6 Å². The smallest absolute Gasteiger partial charge is 0.124 e. The van der Waals surface area contributed by atoms with Crippen molar-refractivity contribution in [2.24, 2.45) is 0 Å². The quantitative estimate of drug-likeness (QED) is 0.544. The number of hydrogen-bond acceptors (Lipinski definition) is 4. The summed E-state index contributed by atoms with van der Waals surface area (Å²) in [6.07, 6.45) is 0. The lowest BCUT2D eigenvalue weighted by atomic mass is 10.1. The van der Waals surface area contributed by atoms with Gasteiger partial charge < -0.3 is 20.5 Å². The van der Waals surface area contributed by atoms with Crippen molar-refractivity contribution in [2.45, 2.75) is 20.1 Å². The Balaban J connectivity index is 1.89. The van der Waals surface area contributed by atoms with Crippen LogP contribution >= 0.6 is 15.9 Å². The minimum absolute atomic E-state index is 0.169. The van der Waals surface area contributed by atoms with Gasteiger partial charge >= 0.3 is 0 Å². The van der Waals surface area contributed by atoms with Gasteiger partial charge in [0.25, 0.3) is 0 Å². The second-order valence-electron chi connectivity index (χ2n) is 5.68. The van der Waals surface area contributed by atoms with Crippen molar-refractivity contribution in [1.29, 1.82) is 0 Å². The molecule has 130 valence electrons. The van der Waals surface area contributed by atoms with E-state index in [0.29, 0.717) is 13.2 Å². The number of benzene rings is 2. The fourth-order valence-electron chi connectivity index (χ4n) is 2.39. The number of aliphatic hydroxyl groups is 1. The first-order valence-corrected chi connectivity index (χ1v) is 8.97. The summed E-state index contributed by atoms with van der Waals surface area (Å²) in [6, 6.07) is 14.4. The molecule has 0 spiro atoms. The Morgan fingerprint density at radius 2 is 1.88 bits per heavy atom. The largest absolute Gasteiger partial charge is 0.489 e. The number of ether oxygens (including phenoxy) is 1. The highest BCUT2D eigenvalue weighted by molar-refractivity contribution is 9.10. The summed E-state index contributed by atoms with van der Waals surface area (Å²) in [4.78, 5) is 0. The van der Waals surface area contributed by atoms with Crippen LogP contribution in [0.1, 0.15) is 16.7 Å². The van der Waals surface area contributed by atoms with Crippen LogP contribution in [-0.4, -0.2) is 31.3 Å². The Bertz CT molecular complexity index is 635. The van der Waals surface area contributed by atoms with E-state index in [1.807, 2.05) is 12.1 Å². The molecule has 2 aromatic carbocycles. The fraction of sp³-hybridized carbons (Fsp3) is 0.368. The van der Waals surface area contributed by atoms with E-state index < -0.39 is 0 Å². The van der Waals surface area contributed by atoms with Crippen LogP contribution in [0.3, 0.4) is 0 Å². The molecule has 0 saturated carbocycles. The van der Waals surface area contributed by atoms with Gasteiger partial charge in [-0.25, -0.2) is 0 Å². The van der Waals surface area contributed by atoms with E-state index in [1.54, 1.807) is 0 Å². The van der Waals surface area contributed by atoms with Gasteiger partial charge in [-0.2, -0.15) is 0 Å². The summed E-state index contributed by atoms with van der Waals surface area (Å²) in [6.45, 7) is 5.85. The van der Waals surface area contributed by atoms with E-state index >= 15 is 0 Å². The molecule has 0 bridgehead atoms. The van der Waals surface area contributed by atoms with Crippen molar-refractivity contribution in [3.63, 3.8) is 0 Å². The maximum Gasteiger partial charge on any atom is 0.124 e. The fourth-order valence-corrected chi connectivity index (χ4v) is 2.80. The monoisotopic (exact) mass is 392 g/mol. The summed E-state index contributed by atoms with van der Waals surface area (Å²) < 4.78 is 7.06. The zero-order valence-electron chi connectivity index (χ0n) is 14.0. The van der Waals surface area contributed by atoms with Gasteiger partial charge in [0.15, 0.2) is 0 Å². The Morgan fingerprint density at radius 3 is 2.67 bits per heavy atom. The van der Waals surface area contributed by atoms with Crippen molar-refractivity contribution < 1.29 is 9.84 Å². The van der Waals surface area contributed by atoms with Crippen LogP contribution in [0.25, 0.3) is 0 Å². The molecular weight excluding hydrogens is 368 g/mol. The number of nitrogens with one attached hydrogen (secondary N) is 2. The number of aryl methyl sites for hydroxylation is 1. The molecule has 0 saturated heterocycles. The molecule has 3 N–H and O–H groups in total. The highest BCUT2D eigenvalue weighted by Gasteiger charge is 2.05. The molecule has 0 atom stereocenters. The SMILES string of the molecule is Cc1cccc(COc2ccc(Br)cc2CNCCNCCO)c1. The zero-order chi connectivity index (χ0) is 17.2. The third-order valence-corrected chi connectivity index (χ3v) is 4.08. The standard InChI is InChI=1S/C19H25BrN2O2/c1-15-3-2-4-16(11-15)14-24-19-6-5-18(20)12-17(19)13-22-8-7-21-9-10-23/h2-6,11-12,21-23H,7-10,13-14H2,1H3. The third kappa shape index (κ3) is 6.61. The van der Waals surface area contributed by atoms with E-state index in [2.05, 4.69) is 63.8 Å². The van der Waals surface area contributed by atoms with Gasteiger partial charge in [-0.05, 0) is 30.7 Å². The van der Waals surface area contributed by atoms with E-state index in [0.717, 1.165) is 35.4 Å². The minimum atomic E-state index is 0.169. The molecule has 2 aromatic rings. The van der Waals surface area contributed by atoms with Gasteiger partial charge in [-0.3, -0.25) is 0 Å². The Morgan fingerprint density at radius 1 is 1.04 bits per heavy atom. The molecule has 0 aliphatic heterocycles. The molecule has 0 heterocycles. The Labute approximate surface area is 152 Å². The number of halogens is 1. The number of hydrogen-bond donors (Lipinski definition) is 3. The highest BCUT2D eigenvalue weighted by atomic mass is 79.9. The number of rotatable bonds is 10. The molecular formula is C19H25BrN2O2. The zero-order valence-corrected chi connectivity index (χ0v) is 15.6. The Hall–Kier alpha value is -1.40. The van der Waals surface area contributed by atoms with E-state index in [9.17, 15) is 0 Å². The normalized spacial score (nSPS) is 10.8. The van der Waals surface area contributed by atoms with E-state index in [4.69, 9.17) is 9.84 Å². The van der Waals surface area contributed by atoms with Gasteiger partial charge in [0.1, 0.15) is 12.4 Å². The minimum Gasteiger partial charge on any atom is -0.489 e. The van der Waals surface area contributed by atoms with Crippen LogP contribution in [0.2, 0.25) is 0 Å². The average molecular weight is 393 g/mol. The first-order valence-electron chi connectivity index (χ1n) is 8.18. The van der Waals surface area contributed by atoms with Crippen molar-refractivity contribution >= 4 is 15.9 Å². The lowest BCUT2D eigenvalue weighted by Gasteiger charge is -2.13. The van der Waals surface area contributed by atoms with Crippen LogP contribution < -0.4 is 15.4 Å². The molecule has 0 aliphatic carbocycles. The Kier molecular flexibility index (Phi) is 8.25. The van der Waals surface area contributed by atoms with Crippen molar-refractivity contribution in [1.82, 2.24) is 10.6 Å². The van der Waals surface area contributed by atoms with Gasteiger partial charge in [0.2, 0.25) is 0 Å². The predicted octanol–water partition coefficient (Wildman–Crippen LogP) is 3.01. The summed E-state index contributed by atoms with van der Waals surface area (Å²) in [5, 5.41) is 15.3. The first kappa shape index (κ1) is 18.9. The highest BCUT2D eigenvalue weighted by Crippen LogP contribution is 2.24. The predicted molar refractivity (Wildman–Crippen MR) is 101 cm³/mol. The topological polar surface area (TPSA) is 53.5 Å². The van der Waals surface area contributed by atoms with Crippen LogP contribution in [0.15, 0.2) is 46.9 Å². The summed E-state index contributed by atoms with van der Waals surface area (Å²) in [5.74, 6) is 0.899. The maximum atomic E-state index is 8.73. The summed E-state index contributed by atoms with van der Waals surface area (Å²) >= 11 is 3.52. The molecule has 0 aliphatic rings. The van der Waals surface area contributed by atoms with Gasteiger partial charge in [-0.1, -0.05) is 45.8 Å². The average Bonchev–Trinajstić information content (AvgIpc) is 2.57. The van der Waals surface area contributed by atoms with E-state index in [-0.39, 0.29) is 6.61 Å². The van der Waals surface area contributed by atoms with Crippen molar-refractivity contribution in [2.75, 3.05) is 26.2 Å². The molecule has 0 fully saturated rings. The summed E-state index contributed by atoms with van der Waals surface area (Å²) in [5.41, 5.74) is 3.54. The van der Waals surface area contributed by atoms with Gasteiger partial charge in [0.05, 0.1) is 6.61 Å². The molecule has 4 nitrogen and oxygen atoms in total. The van der Waals surface area contributed by atoms with Gasteiger partial charge in [-0.15, -0.1) is 0 Å². The second-order valence-corrected chi connectivity index (χ2v) is 6.60. The van der Waals surface area contributed by atoms with Crippen LogP contribution in [0.5, 0.6) is 5.75 Å². The first-order chi connectivity index (χ1) is 11.7. The van der Waals surface area contributed by atoms with Crippen molar-refractivity contribution in [3.8, 4) is 5.75 Å². The van der Waals surface area contributed by atoms with Crippen LogP contribution in [0.4, 0.5) is 0 Å². The lowest BCUT2D eigenvalue weighted by Crippen LogP contribution is -2.28. The molecule has 5 heteroatoms. The molecule has 0 radical (unpaired) electrons. The molecule has 2 rings (SSSR count). The molecule has 0 amide bonds. The molecule has 0 unspecified atom stereocenters. The van der Waals surface area contributed by atoms with E-state index in [1.165, 1.54) is 11.1 Å². The van der Waals surface area contributed by atoms with Gasteiger partial charge in [0, 0.05) is 36.2 Å². The second kappa shape index (κ2) is 10.5. The third-order valence-electron chi connectivity index (χ3n) is 3.58. The molecule has 0 aromatic heterocycles. The van der Waals surface area contributed by atoms with Crippen LogP contribution in [0, 0.1) is 6.92 Å². The van der Waals surface area contributed by atoms with Crippen LogP contribution in [-0.2, 0) is 13.2 Å².